The van der Waals surface area contributed by atoms with E-state index in [2.05, 4.69) is 38.3 Å². The highest BCUT2D eigenvalue weighted by molar-refractivity contribution is 6.36. The molecule has 3 unspecified atom stereocenters. The Balaban J connectivity index is 0.000000293. The lowest BCUT2D eigenvalue weighted by Gasteiger charge is -2.42. The van der Waals surface area contributed by atoms with Crippen LogP contribution in [0.2, 0.25) is 5.02 Å². The van der Waals surface area contributed by atoms with Crippen LogP contribution in [-0.4, -0.2) is 70.4 Å². The molecule has 2 N–H and O–H groups in total. The molecule has 1 aliphatic carbocycles. The number of halogens is 2. The number of urea groups is 1. The molecule has 0 saturated carbocycles. The van der Waals surface area contributed by atoms with Gasteiger partial charge < -0.3 is 29.6 Å². The summed E-state index contributed by atoms with van der Waals surface area (Å²) >= 11 is 6.91. The van der Waals surface area contributed by atoms with Crippen molar-refractivity contribution in [1.82, 2.24) is 24.3 Å². The van der Waals surface area contributed by atoms with E-state index in [4.69, 9.17) is 26.1 Å². The van der Waals surface area contributed by atoms with Crippen LogP contribution in [0.4, 0.5) is 14.9 Å². The number of pyridine rings is 1. The van der Waals surface area contributed by atoms with Crippen molar-refractivity contribution in [3.05, 3.63) is 96.5 Å². The highest BCUT2D eigenvalue weighted by Crippen LogP contribution is 2.44. The summed E-state index contributed by atoms with van der Waals surface area (Å²) in [6, 6.07) is 10.1. The lowest BCUT2D eigenvalue weighted by Crippen LogP contribution is -2.60. The summed E-state index contributed by atoms with van der Waals surface area (Å²) < 4.78 is 28.0. The van der Waals surface area contributed by atoms with E-state index in [1.165, 1.54) is 45.3 Å². The molecule has 2 aromatic heterocycles. The Hall–Kier alpha value is -5.01. The summed E-state index contributed by atoms with van der Waals surface area (Å²) in [6.45, 7) is 12.7. The van der Waals surface area contributed by atoms with E-state index in [-0.39, 0.29) is 22.7 Å². The third kappa shape index (κ3) is 9.73. The Bertz CT molecular complexity index is 2310. The van der Waals surface area contributed by atoms with Crippen molar-refractivity contribution in [1.29, 1.82) is 0 Å². The number of anilines is 1. The summed E-state index contributed by atoms with van der Waals surface area (Å²) in [5.74, 6) is 0.410. The number of fused-ring (bicyclic) bond motifs is 1. The Morgan fingerprint density at radius 3 is 2.53 bits per heavy atom. The molecule has 1 saturated heterocycles. The molecule has 59 heavy (non-hydrogen) atoms. The number of methoxy groups -OCH3 is 2. The van der Waals surface area contributed by atoms with E-state index >= 15 is 4.39 Å². The maximum Gasteiger partial charge on any atom is 0.330 e. The Morgan fingerprint density at radius 1 is 1.14 bits per heavy atom. The molecule has 3 heterocycles. The first-order valence-corrected chi connectivity index (χ1v) is 20.8. The van der Waals surface area contributed by atoms with Gasteiger partial charge in [0.05, 0.1) is 24.4 Å². The topological polar surface area (TPSA) is 137 Å². The number of hydrogen-bond acceptors (Lipinski definition) is 7. The van der Waals surface area contributed by atoms with E-state index in [1.807, 2.05) is 17.0 Å². The van der Waals surface area contributed by atoms with Gasteiger partial charge in [-0.25, -0.2) is 19.0 Å². The number of benzene rings is 2. The van der Waals surface area contributed by atoms with E-state index in [0.717, 1.165) is 64.8 Å². The van der Waals surface area contributed by atoms with Gasteiger partial charge in [0.25, 0.3) is 11.5 Å². The summed E-state index contributed by atoms with van der Waals surface area (Å²) in [5, 5.41) is 6.24. The minimum absolute atomic E-state index is 0.0179. The largest absolute Gasteiger partial charge is 0.481 e. The van der Waals surface area contributed by atoms with Gasteiger partial charge in [0.2, 0.25) is 5.88 Å². The summed E-state index contributed by atoms with van der Waals surface area (Å²) in [4.78, 5) is 56.3. The second kappa shape index (κ2) is 19.4. The zero-order chi connectivity index (χ0) is 43.2. The van der Waals surface area contributed by atoms with Crippen LogP contribution in [0.25, 0.3) is 22.4 Å². The lowest BCUT2D eigenvalue weighted by molar-refractivity contribution is 0.102. The normalized spacial score (nSPS) is 17.8. The molecule has 3 amide bonds. The maximum atomic E-state index is 15.3. The molecule has 12 nitrogen and oxygen atoms in total. The van der Waals surface area contributed by atoms with E-state index < -0.39 is 23.0 Å². The van der Waals surface area contributed by atoms with Crippen molar-refractivity contribution in [2.45, 2.75) is 91.0 Å². The number of aromatic nitrogens is 3. The molecule has 3 atom stereocenters. The van der Waals surface area contributed by atoms with Gasteiger partial charge in [0.1, 0.15) is 11.4 Å². The van der Waals surface area contributed by atoms with E-state index in [1.54, 1.807) is 33.3 Å². The molecular weight excluding hydrogens is 775 g/mol. The van der Waals surface area contributed by atoms with E-state index in [0.29, 0.717) is 58.0 Å². The van der Waals surface area contributed by atoms with Gasteiger partial charge in [0.15, 0.2) is 0 Å². The summed E-state index contributed by atoms with van der Waals surface area (Å²) in [5.41, 5.74) is 3.38. The molecular formula is C45H58ClFN6O6. The van der Waals surface area contributed by atoms with Crippen LogP contribution in [0.1, 0.15) is 99.2 Å². The van der Waals surface area contributed by atoms with Crippen LogP contribution < -0.4 is 26.6 Å². The molecule has 0 radical (unpaired) electrons. The third-order valence-corrected chi connectivity index (χ3v) is 12.5. The number of carbonyl (C=O) groups excluding carboxylic acids is 2. The number of amides is 3. The fourth-order valence-corrected chi connectivity index (χ4v) is 8.25. The molecule has 6 rings (SSSR count). The first-order chi connectivity index (χ1) is 28.1. The number of rotatable bonds is 13. The van der Waals surface area contributed by atoms with Crippen molar-refractivity contribution in [2.24, 2.45) is 20.0 Å². The minimum Gasteiger partial charge on any atom is -0.481 e. The van der Waals surface area contributed by atoms with Crippen molar-refractivity contribution >= 4 is 29.2 Å². The zero-order valence-electron chi connectivity index (χ0n) is 35.8. The predicted molar refractivity (Wildman–Crippen MR) is 231 cm³/mol. The molecule has 2 aromatic carbocycles. The fourth-order valence-electron chi connectivity index (χ4n) is 7.94. The number of ether oxygens (including phenoxy) is 2. The Kier molecular flexibility index (Phi) is 14.8. The number of aryl methyl sites for hydroxylation is 2. The molecule has 1 aliphatic heterocycles. The highest BCUT2D eigenvalue weighted by Gasteiger charge is 2.36. The number of nitrogens with one attached hydrogen (secondary N) is 2. The van der Waals surface area contributed by atoms with Crippen LogP contribution in [-0.2, 0) is 25.3 Å². The number of carbonyl (C=O) groups is 2. The molecule has 2 aliphatic rings. The van der Waals surface area contributed by atoms with Gasteiger partial charge in [-0.1, -0.05) is 63.9 Å². The molecule has 4 aromatic rings. The molecule has 0 bridgehead atoms. The summed E-state index contributed by atoms with van der Waals surface area (Å²) in [6.07, 6.45) is 8.69. The molecule has 1 fully saturated rings. The van der Waals surface area contributed by atoms with Crippen molar-refractivity contribution in [3.63, 3.8) is 0 Å². The van der Waals surface area contributed by atoms with Gasteiger partial charge in [-0.2, -0.15) is 0 Å². The first-order valence-electron chi connectivity index (χ1n) is 20.4. The SMILES string of the molecule is CCC(C)CCC1(CC)CCN(CCOC)C(=O)N1.COc1nc(-c2cccc(-c3c(F)ccc(NC(=O)c4cn(C)c(=O)n(C)c4=O)c3C)c2Cl)cc2c1C(C)CC2. The number of hydrogen-bond donors (Lipinski definition) is 2. The smallest absolute Gasteiger partial charge is 0.330 e. The average molecular weight is 833 g/mol. The molecule has 318 valence electrons. The zero-order valence-corrected chi connectivity index (χ0v) is 36.5. The molecule has 0 spiro atoms. The minimum atomic E-state index is -0.733. The number of nitrogens with zero attached hydrogens (tertiary/aromatic N) is 4. The van der Waals surface area contributed by atoms with Crippen molar-refractivity contribution in [3.8, 4) is 28.3 Å². The standard InChI is InChI=1S/C30H28ClFN4O4.C15H30N2O2/c1-15-9-10-17-13-23(34-28(40-5)24(15)17)18-7-6-8-19(26(18)31)25-16(2)22(12-11-21(25)32)33-27(37)20-14-35(3)30(39)36(4)29(20)38;1-5-13(3)7-8-15(6-2)9-10-17(11-12-19-4)14(18)16-15/h6-8,11-15H,9-10H2,1-5H3,(H,33,37);13H,5-12H2,1-4H3,(H,16,18). The van der Waals surface area contributed by atoms with E-state index in [9.17, 15) is 19.2 Å². The van der Waals surface area contributed by atoms with Crippen LogP contribution in [0, 0.1) is 18.7 Å². The second-order valence-corrected chi connectivity index (χ2v) is 16.3. The van der Waals surface area contributed by atoms with Crippen LogP contribution >= 0.6 is 11.6 Å². The monoisotopic (exact) mass is 832 g/mol. The quantitative estimate of drug-likeness (QED) is 0.139. The second-order valence-electron chi connectivity index (χ2n) is 15.9. The third-order valence-electron chi connectivity index (χ3n) is 12.1. The van der Waals surface area contributed by atoms with Crippen LogP contribution in [0.5, 0.6) is 5.88 Å². The van der Waals surface area contributed by atoms with Gasteiger partial charge in [-0.15, -0.1) is 0 Å². The lowest BCUT2D eigenvalue weighted by atomic mass is 9.82. The van der Waals surface area contributed by atoms with Crippen molar-refractivity contribution < 1.29 is 23.5 Å². The molecule has 14 heteroatoms. The van der Waals surface area contributed by atoms with Crippen LogP contribution in [0.3, 0.4) is 0 Å². The fraction of sp³-hybridized carbons (Fsp3) is 0.489. The van der Waals surface area contributed by atoms with Gasteiger partial charge in [0, 0.05) is 74.0 Å². The maximum absolute atomic E-state index is 15.3. The van der Waals surface area contributed by atoms with Crippen LogP contribution in [0.15, 0.2) is 52.2 Å². The van der Waals surface area contributed by atoms with Gasteiger partial charge in [-0.05, 0) is 86.6 Å². The Morgan fingerprint density at radius 2 is 1.86 bits per heavy atom. The van der Waals surface area contributed by atoms with Gasteiger partial charge >= 0.3 is 11.7 Å². The van der Waals surface area contributed by atoms with Crippen molar-refractivity contribution in [2.75, 3.05) is 39.2 Å². The Labute approximate surface area is 351 Å². The summed E-state index contributed by atoms with van der Waals surface area (Å²) in [7, 11) is 6.01. The first kappa shape index (κ1) is 45.1. The highest BCUT2D eigenvalue weighted by atomic mass is 35.5. The predicted octanol–water partition coefficient (Wildman–Crippen LogP) is 8.25. The average Bonchev–Trinajstić information content (AvgIpc) is 3.61. The van der Waals surface area contributed by atoms with Gasteiger partial charge in [-0.3, -0.25) is 14.2 Å².